The second-order valence-electron chi connectivity index (χ2n) is 5.88. The number of nitrogens with zero attached hydrogens (tertiary/aromatic N) is 2. The minimum Gasteiger partial charge on any atom is -0.324 e. The maximum atomic E-state index is 6.28. The molecule has 0 aromatic rings. The van der Waals surface area contributed by atoms with Crippen molar-refractivity contribution in [3.05, 3.63) is 0 Å². The number of hydrogen-bond acceptors (Lipinski definition) is 3. The molecule has 0 saturated carbocycles. The van der Waals surface area contributed by atoms with Gasteiger partial charge in [0.1, 0.15) is 0 Å². The highest BCUT2D eigenvalue weighted by molar-refractivity contribution is 4.84. The number of rotatable bonds is 6. The van der Waals surface area contributed by atoms with E-state index in [-0.39, 0.29) is 5.54 Å². The molecule has 0 amide bonds. The van der Waals surface area contributed by atoms with Gasteiger partial charge in [0, 0.05) is 24.7 Å². The molecule has 1 heterocycles. The van der Waals surface area contributed by atoms with Crippen molar-refractivity contribution in [3.63, 3.8) is 0 Å². The van der Waals surface area contributed by atoms with Crippen molar-refractivity contribution in [3.8, 4) is 0 Å². The van der Waals surface area contributed by atoms with E-state index in [0.29, 0.717) is 0 Å². The molecule has 2 atom stereocenters. The van der Waals surface area contributed by atoms with Crippen LogP contribution in [0.5, 0.6) is 0 Å². The Morgan fingerprint density at radius 1 is 1.50 bits per heavy atom. The molecule has 1 saturated heterocycles. The zero-order valence-electron chi connectivity index (χ0n) is 11.5. The van der Waals surface area contributed by atoms with Crippen molar-refractivity contribution in [2.75, 3.05) is 33.7 Å². The summed E-state index contributed by atoms with van der Waals surface area (Å²) in [6, 6.07) is 0.738. The summed E-state index contributed by atoms with van der Waals surface area (Å²) in [6.45, 7) is 7.80. The van der Waals surface area contributed by atoms with Crippen LogP contribution < -0.4 is 5.73 Å². The Hall–Kier alpha value is -0.120. The second kappa shape index (κ2) is 5.99. The number of likely N-dealkylation sites (N-methyl/N-ethyl adjacent to an activating group) is 2. The predicted octanol–water partition coefficient (Wildman–Crippen LogP) is 1.53. The molecule has 96 valence electrons. The van der Waals surface area contributed by atoms with Crippen LogP contribution in [0, 0.1) is 0 Å². The number of hydrogen-bond donors (Lipinski definition) is 1. The molecule has 0 aromatic carbocycles. The van der Waals surface area contributed by atoms with Gasteiger partial charge in [0.15, 0.2) is 0 Å². The third-order valence-electron chi connectivity index (χ3n) is 3.65. The first-order chi connectivity index (χ1) is 7.44. The lowest BCUT2D eigenvalue weighted by atomic mass is 9.97. The van der Waals surface area contributed by atoms with E-state index < -0.39 is 0 Å². The van der Waals surface area contributed by atoms with Gasteiger partial charge in [-0.15, -0.1) is 0 Å². The second-order valence-corrected chi connectivity index (χ2v) is 5.88. The lowest BCUT2D eigenvalue weighted by Gasteiger charge is -2.32. The fourth-order valence-electron chi connectivity index (χ4n) is 2.90. The Labute approximate surface area is 101 Å². The van der Waals surface area contributed by atoms with Crippen molar-refractivity contribution in [2.45, 2.75) is 51.1 Å². The van der Waals surface area contributed by atoms with Crippen LogP contribution in [-0.2, 0) is 0 Å². The Kier molecular flexibility index (Phi) is 5.22. The molecule has 1 aliphatic heterocycles. The van der Waals surface area contributed by atoms with Gasteiger partial charge in [-0.1, -0.05) is 13.3 Å². The molecule has 0 spiro atoms. The average molecular weight is 227 g/mol. The van der Waals surface area contributed by atoms with E-state index in [0.717, 1.165) is 25.6 Å². The highest BCUT2D eigenvalue weighted by Gasteiger charge is 2.25. The van der Waals surface area contributed by atoms with Crippen LogP contribution in [0.1, 0.15) is 39.5 Å². The van der Waals surface area contributed by atoms with Crippen LogP contribution in [-0.4, -0.2) is 55.1 Å². The third-order valence-corrected chi connectivity index (χ3v) is 3.65. The van der Waals surface area contributed by atoms with Gasteiger partial charge in [-0.2, -0.15) is 0 Å². The van der Waals surface area contributed by atoms with E-state index in [1.54, 1.807) is 0 Å². The van der Waals surface area contributed by atoms with Crippen LogP contribution in [0.15, 0.2) is 0 Å². The van der Waals surface area contributed by atoms with Crippen LogP contribution >= 0.6 is 0 Å². The predicted molar refractivity (Wildman–Crippen MR) is 70.6 cm³/mol. The first-order valence-corrected chi connectivity index (χ1v) is 6.62. The summed E-state index contributed by atoms with van der Waals surface area (Å²) in [5.41, 5.74) is 6.25. The Morgan fingerprint density at radius 2 is 2.19 bits per heavy atom. The third kappa shape index (κ3) is 4.40. The summed E-state index contributed by atoms with van der Waals surface area (Å²) in [7, 11) is 4.44. The summed E-state index contributed by atoms with van der Waals surface area (Å²) in [5.74, 6) is 0. The Morgan fingerprint density at radius 3 is 2.69 bits per heavy atom. The van der Waals surface area contributed by atoms with Crippen LogP contribution in [0.25, 0.3) is 0 Å². The minimum absolute atomic E-state index is 0.0271. The topological polar surface area (TPSA) is 32.5 Å². The lowest BCUT2D eigenvalue weighted by Crippen LogP contribution is -2.49. The molecule has 2 N–H and O–H groups in total. The van der Waals surface area contributed by atoms with Gasteiger partial charge in [-0.05, 0) is 46.8 Å². The fourth-order valence-corrected chi connectivity index (χ4v) is 2.90. The molecule has 3 heteroatoms. The molecule has 2 unspecified atom stereocenters. The van der Waals surface area contributed by atoms with Gasteiger partial charge in [-0.25, -0.2) is 0 Å². The van der Waals surface area contributed by atoms with Crippen molar-refractivity contribution in [2.24, 2.45) is 5.73 Å². The first-order valence-electron chi connectivity index (χ1n) is 6.62. The van der Waals surface area contributed by atoms with Crippen molar-refractivity contribution < 1.29 is 0 Å². The van der Waals surface area contributed by atoms with E-state index in [2.05, 4.69) is 37.7 Å². The standard InChI is InChI=1S/C13H29N3/c1-5-8-13(2,14)11-15(3)10-12-7-6-9-16(12)4/h12H,5-11,14H2,1-4H3. The lowest BCUT2D eigenvalue weighted by molar-refractivity contribution is 0.187. The van der Waals surface area contributed by atoms with E-state index >= 15 is 0 Å². The molecule has 1 aliphatic rings. The Bertz CT molecular complexity index is 203. The number of nitrogens with two attached hydrogens (primary N) is 1. The number of likely N-dealkylation sites (tertiary alicyclic amines) is 1. The van der Waals surface area contributed by atoms with Crippen molar-refractivity contribution in [1.29, 1.82) is 0 Å². The van der Waals surface area contributed by atoms with Crippen molar-refractivity contribution >= 4 is 0 Å². The maximum absolute atomic E-state index is 6.28. The SMILES string of the molecule is CCCC(C)(N)CN(C)CC1CCCN1C. The van der Waals surface area contributed by atoms with Crippen LogP contribution in [0.2, 0.25) is 0 Å². The quantitative estimate of drug-likeness (QED) is 0.747. The largest absolute Gasteiger partial charge is 0.324 e. The molecule has 0 radical (unpaired) electrons. The zero-order chi connectivity index (χ0) is 12.2. The molecule has 1 rings (SSSR count). The van der Waals surface area contributed by atoms with Crippen LogP contribution in [0.4, 0.5) is 0 Å². The monoisotopic (exact) mass is 227 g/mol. The molecule has 0 aliphatic carbocycles. The highest BCUT2D eigenvalue weighted by atomic mass is 15.2. The fraction of sp³-hybridized carbons (Fsp3) is 1.00. The summed E-state index contributed by atoms with van der Waals surface area (Å²) >= 11 is 0. The molecule has 0 bridgehead atoms. The Balaban J connectivity index is 2.32. The smallest absolute Gasteiger partial charge is 0.0254 e. The van der Waals surface area contributed by atoms with Gasteiger partial charge in [0.05, 0.1) is 0 Å². The van der Waals surface area contributed by atoms with E-state index in [4.69, 9.17) is 5.73 Å². The summed E-state index contributed by atoms with van der Waals surface area (Å²) in [4.78, 5) is 4.88. The molecule has 0 aromatic heterocycles. The van der Waals surface area contributed by atoms with Gasteiger partial charge < -0.3 is 15.5 Å². The molecular formula is C13H29N3. The summed E-state index contributed by atoms with van der Waals surface area (Å²) in [5, 5.41) is 0. The maximum Gasteiger partial charge on any atom is 0.0254 e. The average Bonchev–Trinajstić information content (AvgIpc) is 2.50. The molecule has 3 nitrogen and oxygen atoms in total. The molecule has 1 fully saturated rings. The first kappa shape index (κ1) is 13.9. The van der Waals surface area contributed by atoms with Gasteiger partial charge >= 0.3 is 0 Å². The van der Waals surface area contributed by atoms with E-state index in [9.17, 15) is 0 Å². The van der Waals surface area contributed by atoms with E-state index in [1.165, 1.54) is 25.8 Å². The summed E-state index contributed by atoms with van der Waals surface area (Å²) in [6.07, 6.45) is 4.97. The van der Waals surface area contributed by atoms with Crippen molar-refractivity contribution in [1.82, 2.24) is 9.80 Å². The minimum atomic E-state index is -0.0271. The van der Waals surface area contributed by atoms with Crippen LogP contribution in [0.3, 0.4) is 0 Å². The van der Waals surface area contributed by atoms with Gasteiger partial charge in [0.2, 0.25) is 0 Å². The normalized spacial score (nSPS) is 26.2. The van der Waals surface area contributed by atoms with Gasteiger partial charge in [0.25, 0.3) is 0 Å². The van der Waals surface area contributed by atoms with Gasteiger partial charge in [-0.3, -0.25) is 0 Å². The molecule has 16 heavy (non-hydrogen) atoms. The van der Waals surface area contributed by atoms with E-state index in [1.807, 2.05) is 0 Å². The molecular weight excluding hydrogens is 198 g/mol. The highest BCUT2D eigenvalue weighted by Crippen LogP contribution is 2.17. The summed E-state index contributed by atoms with van der Waals surface area (Å²) < 4.78 is 0. The zero-order valence-corrected chi connectivity index (χ0v) is 11.5.